The lowest BCUT2D eigenvalue weighted by Gasteiger charge is -2.19. The van der Waals surface area contributed by atoms with Crippen LogP contribution in [-0.4, -0.2) is 30.1 Å². The van der Waals surface area contributed by atoms with E-state index in [1.165, 1.54) is 37.4 Å². The van der Waals surface area contributed by atoms with Gasteiger partial charge >= 0.3 is 0 Å². The number of nitrogens with one attached hydrogen (secondary N) is 2. The molecule has 1 aliphatic carbocycles. The van der Waals surface area contributed by atoms with Crippen molar-refractivity contribution in [3.05, 3.63) is 41.7 Å². The number of carbonyl (C=O) groups excluding carboxylic acids is 2. The predicted molar refractivity (Wildman–Crippen MR) is 95.4 cm³/mol. The highest BCUT2D eigenvalue weighted by Crippen LogP contribution is 2.24. The summed E-state index contributed by atoms with van der Waals surface area (Å²) in [6, 6.07) is 5.73. The average Bonchev–Trinajstić information content (AvgIpc) is 2.53. The lowest BCUT2D eigenvalue weighted by Crippen LogP contribution is -2.22. The molecule has 0 saturated carbocycles. The zero-order valence-electron chi connectivity index (χ0n) is 14.3. The van der Waals surface area contributed by atoms with Crippen LogP contribution in [0.5, 0.6) is 0 Å². The molecule has 9 heteroatoms. The van der Waals surface area contributed by atoms with Crippen LogP contribution in [0, 0.1) is 5.92 Å². The minimum atomic E-state index is -3.88. The summed E-state index contributed by atoms with van der Waals surface area (Å²) in [6.07, 6.45) is 2.42. The second kappa shape index (κ2) is 6.83. The SMILES string of the molecule is CC(=O)Nc1ccc(S(=O)(=O)Nc2ncc3c(n2)CC(C)CC3=O)cc1. The zero-order chi connectivity index (χ0) is 18.9. The van der Waals surface area contributed by atoms with Gasteiger partial charge in [0.15, 0.2) is 5.78 Å². The zero-order valence-corrected chi connectivity index (χ0v) is 15.1. The van der Waals surface area contributed by atoms with Crippen LogP contribution in [-0.2, 0) is 21.2 Å². The summed E-state index contributed by atoms with van der Waals surface area (Å²) in [6.45, 7) is 3.31. The largest absolute Gasteiger partial charge is 0.326 e. The summed E-state index contributed by atoms with van der Waals surface area (Å²) in [5.41, 5.74) is 1.50. The van der Waals surface area contributed by atoms with Gasteiger partial charge in [-0.1, -0.05) is 6.92 Å². The third-order valence-electron chi connectivity index (χ3n) is 3.95. The summed E-state index contributed by atoms with van der Waals surface area (Å²) in [5.74, 6) is -0.182. The Morgan fingerprint density at radius 2 is 1.88 bits per heavy atom. The molecule has 0 aliphatic heterocycles. The van der Waals surface area contributed by atoms with Gasteiger partial charge in [-0.15, -0.1) is 0 Å². The van der Waals surface area contributed by atoms with Gasteiger partial charge in [-0.2, -0.15) is 0 Å². The van der Waals surface area contributed by atoms with Crippen molar-refractivity contribution >= 4 is 33.3 Å². The van der Waals surface area contributed by atoms with Gasteiger partial charge in [0.2, 0.25) is 11.9 Å². The number of hydrogen-bond acceptors (Lipinski definition) is 6. The van der Waals surface area contributed by atoms with E-state index in [-0.39, 0.29) is 28.5 Å². The maximum absolute atomic E-state index is 12.5. The van der Waals surface area contributed by atoms with Crippen molar-refractivity contribution in [1.82, 2.24) is 9.97 Å². The van der Waals surface area contributed by atoms with Crippen LogP contribution < -0.4 is 10.0 Å². The smallest absolute Gasteiger partial charge is 0.264 e. The topological polar surface area (TPSA) is 118 Å². The number of amides is 1. The van der Waals surface area contributed by atoms with Crippen LogP contribution in [0.4, 0.5) is 11.6 Å². The van der Waals surface area contributed by atoms with Gasteiger partial charge in [-0.3, -0.25) is 9.59 Å². The highest BCUT2D eigenvalue weighted by Gasteiger charge is 2.25. The lowest BCUT2D eigenvalue weighted by atomic mass is 9.88. The van der Waals surface area contributed by atoms with E-state index in [4.69, 9.17) is 0 Å². The van der Waals surface area contributed by atoms with Gasteiger partial charge in [0.05, 0.1) is 16.2 Å². The maximum Gasteiger partial charge on any atom is 0.264 e. The first-order valence-electron chi connectivity index (χ1n) is 8.04. The molecular weight excluding hydrogens is 356 g/mol. The number of ketones is 1. The van der Waals surface area contributed by atoms with Crippen molar-refractivity contribution < 1.29 is 18.0 Å². The number of benzene rings is 1. The summed E-state index contributed by atoms with van der Waals surface area (Å²) >= 11 is 0. The molecule has 3 rings (SSSR count). The third kappa shape index (κ3) is 3.88. The first-order chi connectivity index (χ1) is 12.2. The van der Waals surface area contributed by atoms with Gasteiger partial charge in [0.25, 0.3) is 10.0 Å². The minimum absolute atomic E-state index is 0.0115. The number of hydrogen-bond donors (Lipinski definition) is 2. The maximum atomic E-state index is 12.5. The number of fused-ring (bicyclic) bond motifs is 1. The number of Topliss-reactive ketones (excluding diaryl/α,β-unsaturated/α-hetero) is 1. The number of rotatable bonds is 4. The van der Waals surface area contributed by atoms with E-state index < -0.39 is 10.0 Å². The van der Waals surface area contributed by atoms with Crippen molar-refractivity contribution in [2.45, 2.75) is 31.6 Å². The molecule has 1 aromatic heterocycles. The number of anilines is 2. The second-order valence-electron chi connectivity index (χ2n) is 6.30. The van der Waals surface area contributed by atoms with E-state index in [9.17, 15) is 18.0 Å². The molecule has 2 aromatic rings. The van der Waals surface area contributed by atoms with Crippen LogP contribution in [0.1, 0.15) is 36.3 Å². The molecule has 8 nitrogen and oxygen atoms in total. The second-order valence-corrected chi connectivity index (χ2v) is 7.98. The Labute approximate surface area is 151 Å². The van der Waals surface area contributed by atoms with E-state index in [0.29, 0.717) is 29.8 Å². The summed E-state index contributed by atoms with van der Waals surface area (Å²) in [4.78, 5) is 31.2. The van der Waals surface area contributed by atoms with Gasteiger partial charge in [0.1, 0.15) is 0 Å². The molecule has 136 valence electrons. The highest BCUT2D eigenvalue weighted by molar-refractivity contribution is 7.92. The van der Waals surface area contributed by atoms with E-state index in [0.717, 1.165) is 0 Å². The molecule has 0 saturated heterocycles. The fourth-order valence-corrected chi connectivity index (χ4v) is 3.73. The number of carbonyl (C=O) groups is 2. The molecule has 1 amide bonds. The van der Waals surface area contributed by atoms with E-state index in [1.807, 2.05) is 6.92 Å². The van der Waals surface area contributed by atoms with Crippen LogP contribution in [0.2, 0.25) is 0 Å². The van der Waals surface area contributed by atoms with Gasteiger partial charge in [-0.05, 0) is 36.6 Å². The van der Waals surface area contributed by atoms with Crippen molar-refractivity contribution in [3.8, 4) is 0 Å². The Bertz CT molecular complexity index is 971. The van der Waals surface area contributed by atoms with E-state index in [2.05, 4.69) is 20.0 Å². The molecule has 1 aromatic carbocycles. The number of sulfonamides is 1. The molecule has 0 fully saturated rings. The molecule has 1 atom stereocenters. The van der Waals surface area contributed by atoms with Crippen LogP contribution in [0.15, 0.2) is 35.4 Å². The molecule has 2 N–H and O–H groups in total. The molecule has 1 heterocycles. The first-order valence-corrected chi connectivity index (χ1v) is 9.52. The Morgan fingerprint density at radius 1 is 1.19 bits per heavy atom. The van der Waals surface area contributed by atoms with Crippen LogP contribution >= 0.6 is 0 Å². The Kier molecular flexibility index (Phi) is 4.73. The van der Waals surface area contributed by atoms with Gasteiger partial charge in [-0.25, -0.2) is 23.1 Å². The Balaban J connectivity index is 1.82. The quantitative estimate of drug-likeness (QED) is 0.845. The van der Waals surface area contributed by atoms with Crippen molar-refractivity contribution in [2.24, 2.45) is 5.92 Å². The molecule has 1 unspecified atom stereocenters. The fraction of sp³-hybridized carbons (Fsp3) is 0.294. The number of aromatic nitrogens is 2. The molecule has 0 spiro atoms. The van der Waals surface area contributed by atoms with Gasteiger partial charge in [0, 0.05) is 25.2 Å². The van der Waals surface area contributed by atoms with E-state index >= 15 is 0 Å². The standard InChI is InChI=1S/C17H18N4O4S/c1-10-7-15-14(16(23)8-10)9-18-17(20-15)21-26(24,25)13-5-3-12(4-6-13)19-11(2)22/h3-6,9-10H,7-8H2,1-2H3,(H,19,22)(H,18,20,21). The summed E-state index contributed by atoms with van der Waals surface area (Å²) in [5, 5.41) is 2.56. The van der Waals surface area contributed by atoms with E-state index in [1.54, 1.807) is 0 Å². The Hall–Kier alpha value is -2.81. The normalized spacial score (nSPS) is 16.7. The van der Waals surface area contributed by atoms with Crippen molar-refractivity contribution in [1.29, 1.82) is 0 Å². The fourth-order valence-electron chi connectivity index (χ4n) is 2.78. The monoisotopic (exact) mass is 374 g/mol. The Morgan fingerprint density at radius 3 is 2.54 bits per heavy atom. The van der Waals surface area contributed by atoms with Gasteiger partial charge < -0.3 is 5.32 Å². The molecule has 26 heavy (non-hydrogen) atoms. The molecule has 0 bridgehead atoms. The summed E-state index contributed by atoms with van der Waals surface area (Å²) in [7, 11) is -3.88. The summed E-state index contributed by atoms with van der Waals surface area (Å²) < 4.78 is 27.3. The molecule has 0 radical (unpaired) electrons. The lowest BCUT2D eigenvalue weighted by molar-refractivity contribution is -0.114. The first kappa shape index (κ1) is 18.0. The molecule has 1 aliphatic rings. The van der Waals surface area contributed by atoms with Crippen LogP contribution in [0.25, 0.3) is 0 Å². The van der Waals surface area contributed by atoms with Crippen molar-refractivity contribution in [3.63, 3.8) is 0 Å². The third-order valence-corrected chi connectivity index (χ3v) is 5.30. The molecular formula is C17H18N4O4S. The highest BCUT2D eigenvalue weighted by atomic mass is 32.2. The average molecular weight is 374 g/mol. The van der Waals surface area contributed by atoms with Crippen molar-refractivity contribution in [2.75, 3.05) is 10.0 Å². The predicted octanol–water partition coefficient (Wildman–Crippen LogP) is 2.00. The minimum Gasteiger partial charge on any atom is -0.326 e. The van der Waals surface area contributed by atoms with Crippen LogP contribution in [0.3, 0.4) is 0 Å². The number of nitrogens with zero attached hydrogens (tertiary/aromatic N) is 2.